The molecule has 0 aliphatic rings. The second-order valence-corrected chi connectivity index (χ2v) is 8.89. The van der Waals surface area contributed by atoms with Gasteiger partial charge in [-0.3, -0.25) is 13.8 Å². The van der Waals surface area contributed by atoms with Crippen molar-refractivity contribution < 1.29 is 4.39 Å². The minimum atomic E-state index is -0.251. The van der Waals surface area contributed by atoms with Crippen molar-refractivity contribution in [2.75, 3.05) is 0 Å². The lowest BCUT2D eigenvalue weighted by atomic mass is 10.1. The number of nitrogens with zero attached hydrogens (tertiary/aromatic N) is 4. The largest absolute Gasteiger partial charge is 0.276 e. The fraction of sp³-hybridized carbons (Fsp3) is 0.318. The summed E-state index contributed by atoms with van der Waals surface area (Å²) in [5.41, 5.74) is 1.77. The lowest BCUT2D eigenvalue weighted by Gasteiger charge is -2.14. The average molecular weight is 411 g/mol. The smallest absolute Gasteiger partial charge is 0.262 e. The molecule has 0 fully saturated rings. The zero-order chi connectivity index (χ0) is 20.5. The van der Waals surface area contributed by atoms with Crippen molar-refractivity contribution in [2.45, 2.75) is 44.1 Å². The molecule has 0 aliphatic heterocycles. The Morgan fingerprint density at radius 3 is 2.48 bits per heavy atom. The molecule has 2 aromatic carbocycles. The molecule has 0 N–H and O–H groups in total. The Hall–Kier alpha value is -2.67. The molecular formula is C22H23FN4OS. The van der Waals surface area contributed by atoms with Crippen LogP contribution in [0.15, 0.2) is 58.5 Å². The molecule has 2 heterocycles. The van der Waals surface area contributed by atoms with Crippen LogP contribution in [-0.4, -0.2) is 19.2 Å². The van der Waals surface area contributed by atoms with E-state index in [0.29, 0.717) is 28.8 Å². The fourth-order valence-corrected chi connectivity index (χ4v) is 4.34. The number of hydrogen-bond acceptors (Lipinski definition) is 4. The third-order valence-electron chi connectivity index (χ3n) is 5.03. The quantitative estimate of drug-likeness (QED) is 0.416. The molecule has 0 spiro atoms. The maximum absolute atomic E-state index is 13.3. The Labute approximate surface area is 172 Å². The highest BCUT2D eigenvalue weighted by Gasteiger charge is 2.19. The summed E-state index contributed by atoms with van der Waals surface area (Å²) in [4.78, 5) is 13.1. The van der Waals surface area contributed by atoms with Crippen LogP contribution in [0.2, 0.25) is 0 Å². The van der Waals surface area contributed by atoms with Gasteiger partial charge in [0.1, 0.15) is 5.82 Å². The number of rotatable bonds is 6. The Balaban J connectivity index is 1.83. The van der Waals surface area contributed by atoms with Crippen molar-refractivity contribution in [1.29, 1.82) is 0 Å². The summed E-state index contributed by atoms with van der Waals surface area (Å²) >= 11 is 1.54. The van der Waals surface area contributed by atoms with Crippen LogP contribution in [0.1, 0.15) is 38.0 Å². The van der Waals surface area contributed by atoms with Crippen molar-refractivity contribution in [3.05, 3.63) is 70.3 Å². The highest BCUT2D eigenvalue weighted by molar-refractivity contribution is 7.99. The van der Waals surface area contributed by atoms with E-state index in [1.165, 1.54) is 12.1 Å². The predicted molar refractivity (Wildman–Crippen MR) is 115 cm³/mol. The molecular weight excluding hydrogens is 387 g/mol. The van der Waals surface area contributed by atoms with Crippen LogP contribution in [0.5, 0.6) is 0 Å². The summed E-state index contributed by atoms with van der Waals surface area (Å²) in [6.07, 6.45) is 0.884. The highest BCUT2D eigenvalue weighted by atomic mass is 32.2. The Morgan fingerprint density at radius 1 is 1.03 bits per heavy atom. The van der Waals surface area contributed by atoms with Gasteiger partial charge in [0.25, 0.3) is 5.56 Å². The van der Waals surface area contributed by atoms with E-state index < -0.39 is 0 Å². The Morgan fingerprint density at radius 2 is 1.76 bits per heavy atom. The predicted octanol–water partition coefficient (Wildman–Crippen LogP) is 5.08. The van der Waals surface area contributed by atoms with Crippen LogP contribution in [0.3, 0.4) is 0 Å². The lowest BCUT2D eigenvalue weighted by molar-refractivity contribution is 0.512. The molecule has 29 heavy (non-hydrogen) atoms. The summed E-state index contributed by atoms with van der Waals surface area (Å²) in [5.74, 6) is 0.783. The maximum atomic E-state index is 13.3. The van der Waals surface area contributed by atoms with Gasteiger partial charge < -0.3 is 0 Å². The van der Waals surface area contributed by atoms with Gasteiger partial charge in [-0.2, -0.15) is 0 Å². The normalized spacial score (nSPS) is 12.9. The molecule has 0 saturated heterocycles. The van der Waals surface area contributed by atoms with Gasteiger partial charge in [-0.15, -0.1) is 10.2 Å². The van der Waals surface area contributed by atoms with E-state index in [9.17, 15) is 9.18 Å². The lowest BCUT2D eigenvalue weighted by Crippen LogP contribution is -2.24. The van der Waals surface area contributed by atoms with Crippen LogP contribution >= 0.6 is 11.8 Å². The first kappa shape index (κ1) is 19.6. The summed E-state index contributed by atoms with van der Waals surface area (Å²) in [6, 6.07) is 14.1. The molecule has 0 unspecified atom stereocenters. The molecule has 0 aliphatic carbocycles. The SMILES string of the molecule is CC(C)CCn1c(=O)c2ccccc2n2c(S[C@@H](C)c3ccc(F)cc3)nnc12. The van der Waals surface area contributed by atoms with Crippen molar-refractivity contribution in [3.8, 4) is 0 Å². The van der Waals surface area contributed by atoms with E-state index in [1.807, 2.05) is 28.7 Å². The third kappa shape index (κ3) is 3.79. The van der Waals surface area contributed by atoms with E-state index in [4.69, 9.17) is 0 Å². The highest BCUT2D eigenvalue weighted by Crippen LogP contribution is 2.34. The molecule has 4 aromatic rings. The molecule has 7 heteroatoms. The first-order valence-electron chi connectivity index (χ1n) is 9.74. The number of aromatic nitrogens is 4. The fourth-order valence-electron chi connectivity index (χ4n) is 3.36. The average Bonchev–Trinajstić information content (AvgIpc) is 3.11. The molecule has 0 amide bonds. The number of halogens is 1. The number of benzene rings is 2. The van der Waals surface area contributed by atoms with Crippen LogP contribution in [0, 0.1) is 11.7 Å². The monoisotopic (exact) mass is 410 g/mol. The number of aryl methyl sites for hydroxylation is 1. The third-order valence-corrected chi connectivity index (χ3v) is 6.13. The molecule has 2 aromatic heterocycles. The zero-order valence-electron chi connectivity index (χ0n) is 16.7. The van der Waals surface area contributed by atoms with Crippen LogP contribution < -0.4 is 5.56 Å². The van der Waals surface area contributed by atoms with Gasteiger partial charge in [0.15, 0.2) is 5.16 Å². The van der Waals surface area contributed by atoms with Crippen molar-refractivity contribution >= 4 is 28.4 Å². The first-order chi connectivity index (χ1) is 14.0. The van der Waals surface area contributed by atoms with Gasteiger partial charge in [0.2, 0.25) is 5.78 Å². The molecule has 4 rings (SSSR count). The molecule has 1 atom stereocenters. The Kier molecular flexibility index (Phi) is 5.41. The van der Waals surface area contributed by atoms with Gasteiger partial charge in [-0.25, -0.2) is 4.39 Å². The molecule has 0 saturated carbocycles. The summed E-state index contributed by atoms with van der Waals surface area (Å²) in [6.45, 7) is 6.93. The molecule has 0 bridgehead atoms. The van der Waals surface area contributed by atoms with Crippen LogP contribution in [-0.2, 0) is 6.54 Å². The van der Waals surface area contributed by atoms with Crippen molar-refractivity contribution in [2.24, 2.45) is 5.92 Å². The van der Waals surface area contributed by atoms with E-state index in [2.05, 4.69) is 31.0 Å². The zero-order valence-corrected chi connectivity index (χ0v) is 17.5. The number of para-hydroxylation sites is 1. The minimum absolute atomic E-state index is 0.0377. The second kappa shape index (κ2) is 7.99. The van der Waals surface area contributed by atoms with Gasteiger partial charge in [-0.05, 0) is 49.1 Å². The minimum Gasteiger partial charge on any atom is -0.276 e. The topological polar surface area (TPSA) is 52.2 Å². The van der Waals surface area contributed by atoms with Crippen molar-refractivity contribution in [3.63, 3.8) is 0 Å². The first-order valence-corrected chi connectivity index (χ1v) is 10.6. The standard InChI is InChI=1S/C22H23FN4OS/c1-14(2)12-13-26-20(28)18-6-4-5-7-19(18)27-21(26)24-25-22(27)29-15(3)16-8-10-17(23)11-9-16/h4-11,14-15H,12-13H2,1-3H3/t15-/m0/s1. The number of thioether (sulfide) groups is 1. The molecule has 150 valence electrons. The molecule has 0 radical (unpaired) electrons. The number of fused-ring (bicyclic) bond motifs is 3. The summed E-state index contributed by atoms with van der Waals surface area (Å²) in [7, 11) is 0. The van der Waals surface area contributed by atoms with Crippen molar-refractivity contribution in [1.82, 2.24) is 19.2 Å². The van der Waals surface area contributed by atoms with E-state index in [0.717, 1.165) is 17.5 Å². The summed E-state index contributed by atoms with van der Waals surface area (Å²) in [5, 5.41) is 10.2. The summed E-state index contributed by atoms with van der Waals surface area (Å²) < 4.78 is 16.9. The van der Waals surface area contributed by atoms with Crippen LogP contribution in [0.4, 0.5) is 4.39 Å². The number of hydrogen-bond donors (Lipinski definition) is 0. The van der Waals surface area contributed by atoms with Gasteiger partial charge in [0.05, 0.1) is 10.9 Å². The van der Waals surface area contributed by atoms with E-state index >= 15 is 0 Å². The Bertz CT molecular complexity index is 1210. The maximum Gasteiger partial charge on any atom is 0.262 e. The van der Waals surface area contributed by atoms with Crippen LogP contribution in [0.25, 0.3) is 16.7 Å². The van der Waals surface area contributed by atoms with Gasteiger partial charge in [-0.1, -0.05) is 49.9 Å². The van der Waals surface area contributed by atoms with Gasteiger partial charge >= 0.3 is 0 Å². The van der Waals surface area contributed by atoms with E-state index in [-0.39, 0.29) is 16.6 Å². The molecule has 5 nitrogen and oxygen atoms in total. The van der Waals surface area contributed by atoms with E-state index in [1.54, 1.807) is 28.5 Å². The second-order valence-electron chi connectivity index (χ2n) is 7.59. The van der Waals surface area contributed by atoms with Gasteiger partial charge in [0, 0.05) is 11.8 Å².